The summed E-state index contributed by atoms with van der Waals surface area (Å²) in [5.41, 5.74) is 0.296. The third kappa shape index (κ3) is 2.80. The van der Waals surface area contributed by atoms with Gasteiger partial charge in [0.2, 0.25) is 5.43 Å². The highest BCUT2D eigenvalue weighted by Crippen LogP contribution is 2.39. The van der Waals surface area contributed by atoms with E-state index in [9.17, 15) is 14.7 Å². The zero-order valence-electron chi connectivity index (χ0n) is 15.7. The van der Waals surface area contributed by atoms with Crippen LogP contribution in [0.25, 0.3) is 10.9 Å². The van der Waals surface area contributed by atoms with Crippen LogP contribution in [0.4, 0.5) is 10.1 Å². The van der Waals surface area contributed by atoms with E-state index < -0.39 is 17.2 Å². The predicted molar refractivity (Wildman–Crippen MR) is 105 cm³/mol. The van der Waals surface area contributed by atoms with Gasteiger partial charge in [-0.05, 0) is 37.8 Å². The Balaban J connectivity index is 1.64. The molecule has 6 nitrogen and oxygen atoms in total. The number of carboxylic acid groups (broad SMARTS) is 1. The Kier molecular flexibility index (Phi) is 3.98. The van der Waals surface area contributed by atoms with Gasteiger partial charge in [-0.2, -0.15) is 0 Å². The number of carbonyl (C=O) groups is 1. The van der Waals surface area contributed by atoms with Crippen LogP contribution >= 0.6 is 0 Å². The minimum Gasteiger partial charge on any atom is -0.477 e. The number of pyridine rings is 1. The van der Waals surface area contributed by atoms with Crippen molar-refractivity contribution >= 4 is 22.6 Å². The quantitative estimate of drug-likeness (QED) is 0.850. The third-order valence-electron chi connectivity index (χ3n) is 6.55. The molecule has 2 N–H and O–H groups in total. The van der Waals surface area contributed by atoms with Crippen molar-refractivity contribution in [3.8, 4) is 0 Å². The zero-order chi connectivity index (χ0) is 19.5. The number of rotatable bonds is 3. The third-order valence-corrected chi connectivity index (χ3v) is 6.55. The van der Waals surface area contributed by atoms with E-state index in [2.05, 4.69) is 10.2 Å². The summed E-state index contributed by atoms with van der Waals surface area (Å²) in [5, 5.41) is 13.2. The molecule has 5 rings (SSSR count). The van der Waals surface area contributed by atoms with Crippen LogP contribution in [-0.2, 0) is 0 Å². The Morgan fingerprint density at radius 1 is 1.25 bits per heavy atom. The van der Waals surface area contributed by atoms with Crippen molar-refractivity contribution in [2.24, 2.45) is 0 Å². The van der Waals surface area contributed by atoms with Crippen molar-refractivity contribution in [2.75, 3.05) is 24.5 Å². The molecular weight excluding hydrogens is 361 g/mol. The first-order chi connectivity index (χ1) is 13.5. The molecule has 2 aliphatic carbocycles. The average molecular weight is 385 g/mol. The number of aromatic nitrogens is 1. The van der Waals surface area contributed by atoms with Gasteiger partial charge >= 0.3 is 5.97 Å². The molecule has 148 valence electrons. The van der Waals surface area contributed by atoms with E-state index in [1.165, 1.54) is 25.1 Å². The fourth-order valence-corrected chi connectivity index (χ4v) is 4.96. The summed E-state index contributed by atoms with van der Waals surface area (Å²) < 4.78 is 16.9. The van der Waals surface area contributed by atoms with Crippen molar-refractivity contribution in [3.05, 3.63) is 39.9 Å². The molecule has 1 aromatic carbocycles. The van der Waals surface area contributed by atoms with Gasteiger partial charge in [-0.25, -0.2) is 9.18 Å². The number of hydrogen-bond acceptors (Lipinski definition) is 4. The molecule has 3 aliphatic rings. The standard InChI is InChI=1S/C21H24FN3O3/c22-16-9-14-17(25(13-3-4-13)11-15(19(14)26)20(27)28)10-18(16)24-8-7-23-21(12-24)5-1-2-6-21/h9-11,13,23H,1-8,12H2,(H,27,28). The normalized spacial score (nSPS) is 21.5. The second-order valence-corrected chi connectivity index (χ2v) is 8.47. The molecule has 0 radical (unpaired) electrons. The monoisotopic (exact) mass is 385 g/mol. The van der Waals surface area contributed by atoms with E-state index in [1.54, 1.807) is 6.07 Å². The highest BCUT2D eigenvalue weighted by Gasteiger charge is 2.38. The number of carboxylic acids is 1. The predicted octanol–water partition coefficient (Wildman–Crippen LogP) is 2.90. The second-order valence-electron chi connectivity index (χ2n) is 8.47. The van der Waals surface area contributed by atoms with Gasteiger partial charge < -0.3 is 19.9 Å². The topological polar surface area (TPSA) is 74.6 Å². The van der Waals surface area contributed by atoms with Crippen LogP contribution in [0, 0.1) is 5.82 Å². The molecule has 0 atom stereocenters. The lowest BCUT2D eigenvalue weighted by Gasteiger charge is -2.42. The molecular formula is C21H24FN3O3. The fraction of sp³-hybridized carbons (Fsp3) is 0.524. The lowest BCUT2D eigenvalue weighted by atomic mass is 9.94. The average Bonchev–Trinajstić information content (AvgIpc) is 3.42. The number of benzene rings is 1. The van der Waals surface area contributed by atoms with Gasteiger partial charge in [0, 0.05) is 42.8 Å². The summed E-state index contributed by atoms with van der Waals surface area (Å²) in [6.45, 7) is 2.28. The van der Waals surface area contributed by atoms with Crippen molar-refractivity contribution < 1.29 is 14.3 Å². The number of anilines is 1. The SMILES string of the molecule is O=C(O)c1cn(C2CC2)c2cc(N3CCNC4(CCCC4)C3)c(F)cc2c1=O. The van der Waals surface area contributed by atoms with Gasteiger partial charge in [-0.15, -0.1) is 0 Å². The zero-order valence-corrected chi connectivity index (χ0v) is 15.7. The number of fused-ring (bicyclic) bond motifs is 1. The number of nitrogens with one attached hydrogen (secondary N) is 1. The highest BCUT2D eigenvalue weighted by atomic mass is 19.1. The van der Waals surface area contributed by atoms with E-state index in [-0.39, 0.29) is 22.5 Å². The van der Waals surface area contributed by atoms with Gasteiger partial charge in [0.05, 0.1) is 11.2 Å². The molecule has 2 saturated carbocycles. The van der Waals surface area contributed by atoms with E-state index in [4.69, 9.17) is 0 Å². The number of aromatic carboxylic acids is 1. The van der Waals surface area contributed by atoms with Crippen LogP contribution in [0.5, 0.6) is 0 Å². The molecule has 7 heteroatoms. The maximum Gasteiger partial charge on any atom is 0.341 e. The molecule has 1 aromatic heterocycles. The first kappa shape index (κ1) is 17.7. The van der Waals surface area contributed by atoms with Gasteiger partial charge in [-0.1, -0.05) is 12.8 Å². The molecule has 2 heterocycles. The van der Waals surface area contributed by atoms with Crippen LogP contribution < -0.4 is 15.6 Å². The van der Waals surface area contributed by atoms with Gasteiger partial charge in [0.1, 0.15) is 11.4 Å². The van der Waals surface area contributed by atoms with Crippen molar-refractivity contribution in [3.63, 3.8) is 0 Å². The largest absolute Gasteiger partial charge is 0.477 e. The maximum absolute atomic E-state index is 15.1. The Labute approximate surface area is 161 Å². The molecule has 0 unspecified atom stereocenters. The number of nitrogens with zero attached hydrogens (tertiary/aromatic N) is 2. The number of piperazine rings is 1. The van der Waals surface area contributed by atoms with Crippen molar-refractivity contribution in [1.82, 2.24) is 9.88 Å². The molecule has 1 spiro atoms. The van der Waals surface area contributed by atoms with E-state index >= 15 is 4.39 Å². The molecule has 1 saturated heterocycles. The lowest BCUT2D eigenvalue weighted by Crippen LogP contribution is -2.59. The Hall–Kier alpha value is -2.41. The maximum atomic E-state index is 15.1. The summed E-state index contributed by atoms with van der Waals surface area (Å²) >= 11 is 0. The molecule has 0 amide bonds. The van der Waals surface area contributed by atoms with Gasteiger partial charge in [0.25, 0.3) is 0 Å². The second kappa shape index (κ2) is 6.30. The highest BCUT2D eigenvalue weighted by molar-refractivity contribution is 5.93. The molecule has 1 aliphatic heterocycles. The molecule has 0 bridgehead atoms. The van der Waals surface area contributed by atoms with Crippen LogP contribution in [-0.4, -0.2) is 40.8 Å². The summed E-state index contributed by atoms with van der Waals surface area (Å²) in [7, 11) is 0. The van der Waals surface area contributed by atoms with Gasteiger partial charge in [0.15, 0.2) is 0 Å². The van der Waals surface area contributed by atoms with Gasteiger partial charge in [-0.3, -0.25) is 4.79 Å². The van der Waals surface area contributed by atoms with Crippen LogP contribution in [0.1, 0.15) is 54.9 Å². The van der Waals surface area contributed by atoms with Crippen molar-refractivity contribution in [1.29, 1.82) is 0 Å². The molecule has 2 aromatic rings. The summed E-state index contributed by atoms with van der Waals surface area (Å²) in [5.74, 6) is -1.72. The minimum atomic E-state index is -1.27. The first-order valence-corrected chi connectivity index (χ1v) is 10.1. The molecule has 3 fully saturated rings. The van der Waals surface area contributed by atoms with Crippen LogP contribution in [0.15, 0.2) is 23.1 Å². The van der Waals surface area contributed by atoms with Crippen LogP contribution in [0.3, 0.4) is 0 Å². The molecule has 28 heavy (non-hydrogen) atoms. The van der Waals surface area contributed by atoms with E-state index in [0.717, 1.165) is 38.8 Å². The number of hydrogen-bond donors (Lipinski definition) is 2. The first-order valence-electron chi connectivity index (χ1n) is 10.1. The minimum absolute atomic E-state index is 0.0585. The Bertz CT molecular complexity index is 1020. The van der Waals surface area contributed by atoms with E-state index in [1.807, 2.05) is 4.57 Å². The Morgan fingerprint density at radius 2 is 2.00 bits per heavy atom. The fourth-order valence-electron chi connectivity index (χ4n) is 4.96. The smallest absolute Gasteiger partial charge is 0.341 e. The summed E-state index contributed by atoms with van der Waals surface area (Å²) in [6.07, 6.45) is 7.92. The summed E-state index contributed by atoms with van der Waals surface area (Å²) in [4.78, 5) is 26.2. The number of halogens is 1. The van der Waals surface area contributed by atoms with Crippen molar-refractivity contribution in [2.45, 2.75) is 50.1 Å². The summed E-state index contributed by atoms with van der Waals surface area (Å²) in [6, 6.07) is 3.18. The Morgan fingerprint density at radius 3 is 2.68 bits per heavy atom. The van der Waals surface area contributed by atoms with Crippen LogP contribution in [0.2, 0.25) is 0 Å². The van der Waals surface area contributed by atoms with E-state index in [0.29, 0.717) is 17.7 Å². The lowest BCUT2D eigenvalue weighted by molar-refractivity contribution is 0.0695.